The number of rotatable bonds is 3. The second kappa shape index (κ2) is 6.71. The zero-order valence-electron chi connectivity index (χ0n) is 12.5. The van der Waals surface area contributed by atoms with Crippen molar-refractivity contribution in [3.63, 3.8) is 0 Å². The number of hydrogen-bond acceptors (Lipinski definition) is 2. The molecule has 0 bridgehead atoms. The number of ether oxygens (including phenoxy) is 1. The molecule has 20 heavy (non-hydrogen) atoms. The Hall–Kier alpha value is -1.61. The Kier molecular flexibility index (Phi) is 4.96. The Morgan fingerprint density at radius 1 is 1.25 bits per heavy atom. The van der Waals surface area contributed by atoms with Crippen molar-refractivity contribution in [3.8, 4) is 0 Å². The molecule has 0 spiro atoms. The van der Waals surface area contributed by atoms with Gasteiger partial charge in [-0.2, -0.15) is 0 Å². The number of amides is 1. The molecule has 0 saturated carbocycles. The molecule has 0 aromatic heterocycles. The maximum absolute atomic E-state index is 12.8. The summed E-state index contributed by atoms with van der Waals surface area (Å²) in [6.07, 6.45) is 2.74. The Morgan fingerprint density at radius 3 is 2.40 bits per heavy atom. The Labute approximate surface area is 121 Å². The molecule has 1 aliphatic heterocycles. The van der Waals surface area contributed by atoms with Crippen molar-refractivity contribution < 1.29 is 9.53 Å². The van der Waals surface area contributed by atoms with Crippen molar-refractivity contribution in [1.82, 2.24) is 4.90 Å². The molecule has 1 aromatic carbocycles. The molecule has 1 fully saturated rings. The van der Waals surface area contributed by atoms with Crippen LogP contribution in [0.2, 0.25) is 0 Å². The first-order valence-electron chi connectivity index (χ1n) is 7.29. The third-order valence-corrected chi connectivity index (χ3v) is 3.70. The Balaban J connectivity index is 2.22. The summed E-state index contributed by atoms with van der Waals surface area (Å²) in [5, 5.41) is 0. The molecular formula is C17H23NO2. The lowest BCUT2D eigenvalue weighted by atomic mass is 10.0. The van der Waals surface area contributed by atoms with E-state index in [9.17, 15) is 4.79 Å². The predicted octanol–water partition coefficient (Wildman–Crippen LogP) is 3.12. The summed E-state index contributed by atoms with van der Waals surface area (Å²) in [4.78, 5) is 14.7. The van der Waals surface area contributed by atoms with Gasteiger partial charge >= 0.3 is 0 Å². The van der Waals surface area contributed by atoms with Gasteiger partial charge in [0.1, 0.15) is 0 Å². The average Bonchev–Trinajstić information content (AvgIpc) is 2.45. The Morgan fingerprint density at radius 2 is 1.85 bits per heavy atom. The van der Waals surface area contributed by atoms with Crippen LogP contribution in [0.3, 0.4) is 0 Å². The van der Waals surface area contributed by atoms with Gasteiger partial charge in [-0.1, -0.05) is 37.3 Å². The van der Waals surface area contributed by atoms with Crippen LogP contribution in [-0.4, -0.2) is 36.1 Å². The van der Waals surface area contributed by atoms with Crippen LogP contribution < -0.4 is 0 Å². The molecule has 1 amide bonds. The standard InChI is InChI=1S/C17H23NO2/c1-4-16(10-15-8-6-5-7-9-15)17(19)18-13(2)11-20-12-14(18)3/h5-10,13-14H,4,11-12H2,1-3H3/b16-10+. The first kappa shape index (κ1) is 14.8. The molecule has 3 heteroatoms. The van der Waals surface area contributed by atoms with Crippen molar-refractivity contribution in [2.24, 2.45) is 0 Å². The summed E-state index contributed by atoms with van der Waals surface area (Å²) in [5.74, 6) is 0.139. The highest BCUT2D eigenvalue weighted by Gasteiger charge is 2.30. The second-order valence-corrected chi connectivity index (χ2v) is 5.38. The van der Waals surface area contributed by atoms with E-state index in [0.29, 0.717) is 13.2 Å². The smallest absolute Gasteiger partial charge is 0.250 e. The van der Waals surface area contributed by atoms with Gasteiger partial charge in [0.25, 0.3) is 0 Å². The third-order valence-electron chi connectivity index (χ3n) is 3.70. The van der Waals surface area contributed by atoms with E-state index >= 15 is 0 Å². The molecule has 3 nitrogen and oxygen atoms in total. The lowest BCUT2D eigenvalue weighted by Gasteiger charge is -2.39. The van der Waals surface area contributed by atoms with E-state index in [1.54, 1.807) is 0 Å². The second-order valence-electron chi connectivity index (χ2n) is 5.38. The molecule has 1 heterocycles. The van der Waals surface area contributed by atoms with Crippen LogP contribution in [0.4, 0.5) is 0 Å². The van der Waals surface area contributed by atoms with Gasteiger partial charge in [-0.15, -0.1) is 0 Å². The monoisotopic (exact) mass is 273 g/mol. The van der Waals surface area contributed by atoms with E-state index < -0.39 is 0 Å². The van der Waals surface area contributed by atoms with Crippen molar-refractivity contribution in [1.29, 1.82) is 0 Å². The van der Waals surface area contributed by atoms with E-state index in [0.717, 1.165) is 17.6 Å². The van der Waals surface area contributed by atoms with Crippen LogP contribution in [0.1, 0.15) is 32.8 Å². The maximum Gasteiger partial charge on any atom is 0.250 e. The molecule has 1 aromatic rings. The minimum absolute atomic E-state index is 0.136. The highest BCUT2D eigenvalue weighted by molar-refractivity contribution is 5.98. The van der Waals surface area contributed by atoms with Crippen LogP contribution in [0.5, 0.6) is 0 Å². The van der Waals surface area contributed by atoms with Gasteiger partial charge < -0.3 is 9.64 Å². The van der Waals surface area contributed by atoms with E-state index in [2.05, 4.69) is 0 Å². The number of nitrogens with zero attached hydrogens (tertiary/aromatic N) is 1. The number of carbonyl (C=O) groups is 1. The zero-order valence-corrected chi connectivity index (χ0v) is 12.5. The van der Waals surface area contributed by atoms with Crippen LogP contribution >= 0.6 is 0 Å². The molecule has 0 radical (unpaired) electrons. The third kappa shape index (κ3) is 3.28. The number of morpholine rings is 1. The fourth-order valence-electron chi connectivity index (χ4n) is 2.64. The fraction of sp³-hybridized carbons (Fsp3) is 0.471. The van der Waals surface area contributed by atoms with E-state index in [1.807, 2.05) is 62.1 Å². The van der Waals surface area contributed by atoms with Crippen molar-refractivity contribution >= 4 is 12.0 Å². The van der Waals surface area contributed by atoms with Gasteiger partial charge in [-0.3, -0.25) is 4.79 Å². The molecule has 2 unspecified atom stereocenters. The quantitative estimate of drug-likeness (QED) is 0.792. The topological polar surface area (TPSA) is 29.5 Å². The average molecular weight is 273 g/mol. The SMILES string of the molecule is CC/C(=C\c1ccccc1)C(=O)N1C(C)COCC1C. The summed E-state index contributed by atoms with van der Waals surface area (Å²) in [7, 11) is 0. The number of benzene rings is 1. The minimum Gasteiger partial charge on any atom is -0.377 e. The number of carbonyl (C=O) groups excluding carboxylic acids is 1. The summed E-state index contributed by atoms with van der Waals surface area (Å²) in [6.45, 7) is 7.37. The molecule has 0 aliphatic carbocycles. The zero-order chi connectivity index (χ0) is 14.5. The van der Waals surface area contributed by atoms with Crippen molar-refractivity contribution in [3.05, 3.63) is 41.5 Å². The van der Waals surface area contributed by atoms with Crippen LogP contribution in [0.25, 0.3) is 6.08 Å². The van der Waals surface area contributed by atoms with E-state index in [1.165, 1.54) is 0 Å². The summed E-state index contributed by atoms with van der Waals surface area (Å²) >= 11 is 0. The molecule has 1 saturated heterocycles. The first-order valence-corrected chi connectivity index (χ1v) is 7.29. The lowest BCUT2D eigenvalue weighted by Crippen LogP contribution is -2.52. The molecule has 108 valence electrons. The summed E-state index contributed by atoms with van der Waals surface area (Å²) < 4.78 is 5.49. The van der Waals surface area contributed by atoms with E-state index in [-0.39, 0.29) is 18.0 Å². The fourth-order valence-corrected chi connectivity index (χ4v) is 2.64. The summed E-state index contributed by atoms with van der Waals surface area (Å²) in [5.41, 5.74) is 1.93. The summed E-state index contributed by atoms with van der Waals surface area (Å²) in [6, 6.07) is 10.3. The normalized spacial score (nSPS) is 23.8. The minimum atomic E-state index is 0.136. The first-order chi connectivity index (χ1) is 9.63. The molecule has 1 aliphatic rings. The van der Waals surface area contributed by atoms with Gasteiger partial charge in [0.2, 0.25) is 5.91 Å². The maximum atomic E-state index is 12.8. The lowest BCUT2D eigenvalue weighted by molar-refractivity contribution is -0.139. The van der Waals surface area contributed by atoms with Gasteiger partial charge in [0.15, 0.2) is 0 Å². The van der Waals surface area contributed by atoms with Gasteiger partial charge in [0.05, 0.1) is 25.3 Å². The highest BCUT2D eigenvalue weighted by atomic mass is 16.5. The largest absolute Gasteiger partial charge is 0.377 e. The molecule has 2 rings (SSSR count). The van der Waals surface area contributed by atoms with Crippen LogP contribution in [-0.2, 0) is 9.53 Å². The highest BCUT2D eigenvalue weighted by Crippen LogP contribution is 2.19. The van der Waals surface area contributed by atoms with Gasteiger partial charge in [0, 0.05) is 5.57 Å². The molecule has 0 N–H and O–H groups in total. The van der Waals surface area contributed by atoms with Crippen LogP contribution in [0.15, 0.2) is 35.9 Å². The van der Waals surface area contributed by atoms with Crippen molar-refractivity contribution in [2.45, 2.75) is 39.3 Å². The van der Waals surface area contributed by atoms with E-state index in [4.69, 9.17) is 4.74 Å². The number of hydrogen-bond donors (Lipinski definition) is 0. The molecular weight excluding hydrogens is 250 g/mol. The molecule has 2 atom stereocenters. The predicted molar refractivity (Wildman–Crippen MR) is 81.3 cm³/mol. The van der Waals surface area contributed by atoms with Gasteiger partial charge in [-0.05, 0) is 31.9 Å². The van der Waals surface area contributed by atoms with Crippen LogP contribution in [0, 0.1) is 0 Å². The van der Waals surface area contributed by atoms with Crippen molar-refractivity contribution in [2.75, 3.05) is 13.2 Å². The van der Waals surface area contributed by atoms with Gasteiger partial charge in [-0.25, -0.2) is 0 Å². The Bertz CT molecular complexity index is 471.